The van der Waals surface area contributed by atoms with Crippen molar-refractivity contribution >= 4 is 11.9 Å². The molecule has 3 rings (SSSR count). The van der Waals surface area contributed by atoms with Crippen LogP contribution >= 0.6 is 0 Å². The fourth-order valence-corrected chi connectivity index (χ4v) is 4.29. The molecule has 0 heterocycles. The molecule has 1 aromatic carbocycles. The Balaban J connectivity index is 1.69. The van der Waals surface area contributed by atoms with Gasteiger partial charge in [-0.1, -0.05) is 12.1 Å². The Bertz CT molecular complexity index is 598. The molecule has 2 fully saturated rings. The molecule has 2 saturated carbocycles. The summed E-state index contributed by atoms with van der Waals surface area (Å²) in [4.78, 5) is 24.1. The average molecular weight is 316 g/mol. The molecule has 0 aromatic heterocycles. The molecule has 0 aliphatic heterocycles. The number of carboxylic acid groups (broad SMARTS) is 1. The predicted octanol–water partition coefficient (Wildman–Crippen LogP) is 1.28. The standard InChI is InChI=1S/C18H23NO4/c1-10(11-5-7-14(23-2)8-6-11)19-17(20)15-12-3-4-13(9-12)16(15)18(21)22/h5-8,10,12-13,15-16H,3-4,9H2,1-2H3,(H,19,20)(H,21,22)/p-1/t10-,12-,13+,15-,16+/m1/s1. The predicted molar refractivity (Wildman–Crippen MR) is 82.4 cm³/mol. The monoisotopic (exact) mass is 316 g/mol. The first-order valence-electron chi connectivity index (χ1n) is 8.16. The number of benzene rings is 1. The summed E-state index contributed by atoms with van der Waals surface area (Å²) in [6.07, 6.45) is 2.69. The lowest BCUT2D eigenvalue weighted by Crippen LogP contribution is -2.46. The van der Waals surface area contributed by atoms with E-state index in [1.165, 1.54) is 0 Å². The quantitative estimate of drug-likeness (QED) is 0.888. The zero-order valence-corrected chi connectivity index (χ0v) is 13.5. The fraction of sp³-hybridized carbons (Fsp3) is 0.556. The molecule has 1 amide bonds. The zero-order valence-electron chi connectivity index (χ0n) is 13.5. The van der Waals surface area contributed by atoms with Gasteiger partial charge in [-0.15, -0.1) is 0 Å². The highest BCUT2D eigenvalue weighted by Crippen LogP contribution is 2.52. The lowest BCUT2D eigenvalue weighted by atomic mass is 9.78. The minimum Gasteiger partial charge on any atom is -0.550 e. The summed E-state index contributed by atoms with van der Waals surface area (Å²) in [5, 5.41) is 14.4. The second-order valence-electron chi connectivity index (χ2n) is 6.71. The van der Waals surface area contributed by atoms with Crippen molar-refractivity contribution in [3.63, 3.8) is 0 Å². The van der Waals surface area contributed by atoms with Gasteiger partial charge in [-0.25, -0.2) is 0 Å². The van der Waals surface area contributed by atoms with Gasteiger partial charge in [0.25, 0.3) is 0 Å². The molecule has 2 aliphatic carbocycles. The number of hydrogen-bond donors (Lipinski definition) is 1. The van der Waals surface area contributed by atoms with Gasteiger partial charge in [0.1, 0.15) is 5.75 Å². The molecule has 0 radical (unpaired) electrons. The number of hydrogen-bond acceptors (Lipinski definition) is 4. The lowest BCUT2D eigenvalue weighted by molar-refractivity contribution is -0.314. The van der Waals surface area contributed by atoms with E-state index in [-0.39, 0.29) is 23.8 Å². The van der Waals surface area contributed by atoms with Crippen molar-refractivity contribution in [1.82, 2.24) is 5.32 Å². The summed E-state index contributed by atoms with van der Waals surface area (Å²) in [7, 11) is 1.61. The van der Waals surface area contributed by atoms with Crippen LogP contribution in [0.2, 0.25) is 0 Å². The highest BCUT2D eigenvalue weighted by atomic mass is 16.5. The van der Waals surface area contributed by atoms with E-state index in [2.05, 4.69) is 5.32 Å². The van der Waals surface area contributed by atoms with Crippen LogP contribution in [-0.4, -0.2) is 19.0 Å². The zero-order chi connectivity index (χ0) is 16.6. The highest BCUT2D eigenvalue weighted by Gasteiger charge is 2.51. The van der Waals surface area contributed by atoms with Gasteiger partial charge in [-0.05, 0) is 55.7 Å². The SMILES string of the molecule is COc1ccc([C@@H](C)NC(=O)[C@@H]2[C@@H]3CC[C@@H](C3)[C@@H]2C(=O)[O-])cc1. The van der Waals surface area contributed by atoms with Crippen molar-refractivity contribution in [3.05, 3.63) is 29.8 Å². The van der Waals surface area contributed by atoms with Crippen LogP contribution in [0.1, 0.15) is 37.8 Å². The van der Waals surface area contributed by atoms with E-state index in [1.807, 2.05) is 31.2 Å². The van der Waals surface area contributed by atoms with Gasteiger partial charge in [-0.2, -0.15) is 0 Å². The third kappa shape index (κ3) is 2.92. The summed E-state index contributed by atoms with van der Waals surface area (Å²) >= 11 is 0. The number of carbonyl (C=O) groups is 2. The van der Waals surface area contributed by atoms with Crippen LogP contribution in [-0.2, 0) is 9.59 Å². The Morgan fingerprint density at radius 1 is 1.17 bits per heavy atom. The number of methoxy groups -OCH3 is 1. The van der Waals surface area contributed by atoms with E-state index >= 15 is 0 Å². The van der Waals surface area contributed by atoms with Gasteiger partial charge in [0, 0.05) is 17.8 Å². The summed E-state index contributed by atoms with van der Waals surface area (Å²) in [5.41, 5.74) is 0.965. The van der Waals surface area contributed by atoms with Crippen LogP contribution in [0.25, 0.3) is 0 Å². The van der Waals surface area contributed by atoms with E-state index in [0.29, 0.717) is 0 Å². The van der Waals surface area contributed by atoms with Crippen molar-refractivity contribution in [2.24, 2.45) is 23.7 Å². The smallest absolute Gasteiger partial charge is 0.224 e. The normalized spacial score (nSPS) is 30.0. The largest absolute Gasteiger partial charge is 0.550 e. The molecule has 124 valence electrons. The van der Waals surface area contributed by atoms with Gasteiger partial charge in [-0.3, -0.25) is 4.79 Å². The van der Waals surface area contributed by atoms with Crippen molar-refractivity contribution < 1.29 is 19.4 Å². The number of fused-ring (bicyclic) bond motifs is 2. The molecule has 2 aliphatic rings. The van der Waals surface area contributed by atoms with E-state index < -0.39 is 17.8 Å². The Morgan fingerprint density at radius 2 is 1.78 bits per heavy atom. The summed E-state index contributed by atoms with van der Waals surface area (Å²) in [6, 6.07) is 7.33. The molecular formula is C18H22NO4-. The van der Waals surface area contributed by atoms with Gasteiger partial charge >= 0.3 is 0 Å². The Hall–Kier alpha value is -2.04. The van der Waals surface area contributed by atoms with Crippen LogP contribution in [0.5, 0.6) is 5.75 Å². The summed E-state index contributed by atoms with van der Waals surface area (Å²) in [5.74, 6) is -1.25. The molecule has 0 saturated heterocycles. The Kier molecular flexibility index (Phi) is 4.28. The maximum absolute atomic E-state index is 12.6. The lowest BCUT2D eigenvalue weighted by Gasteiger charge is -2.31. The molecule has 5 atom stereocenters. The second-order valence-corrected chi connectivity index (χ2v) is 6.71. The van der Waals surface area contributed by atoms with Gasteiger partial charge in [0.15, 0.2) is 0 Å². The summed E-state index contributed by atoms with van der Waals surface area (Å²) < 4.78 is 5.13. The maximum atomic E-state index is 12.6. The van der Waals surface area contributed by atoms with Gasteiger partial charge in [0.2, 0.25) is 5.91 Å². The molecule has 1 aromatic rings. The molecule has 1 N–H and O–H groups in total. The molecule has 5 nitrogen and oxygen atoms in total. The summed E-state index contributed by atoms with van der Waals surface area (Å²) in [6.45, 7) is 1.90. The first-order valence-corrected chi connectivity index (χ1v) is 8.16. The van der Waals surface area contributed by atoms with E-state index in [9.17, 15) is 14.7 Å². The number of carboxylic acids is 1. The van der Waals surface area contributed by atoms with Gasteiger partial charge < -0.3 is 20.0 Å². The molecule has 23 heavy (non-hydrogen) atoms. The average Bonchev–Trinajstić information content (AvgIpc) is 3.15. The van der Waals surface area contributed by atoms with Crippen LogP contribution < -0.4 is 15.2 Å². The number of nitrogens with one attached hydrogen (secondary N) is 1. The topological polar surface area (TPSA) is 78.5 Å². The number of carbonyl (C=O) groups excluding carboxylic acids is 2. The molecule has 2 bridgehead atoms. The third-order valence-electron chi connectivity index (χ3n) is 5.47. The Morgan fingerprint density at radius 3 is 2.35 bits per heavy atom. The van der Waals surface area contributed by atoms with E-state index in [4.69, 9.17) is 4.74 Å². The first-order chi connectivity index (χ1) is 11.0. The van der Waals surface area contributed by atoms with Crippen molar-refractivity contribution in [2.75, 3.05) is 7.11 Å². The van der Waals surface area contributed by atoms with Crippen LogP contribution in [0.4, 0.5) is 0 Å². The van der Waals surface area contributed by atoms with Crippen molar-refractivity contribution in [1.29, 1.82) is 0 Å². The minimum atomic E-state index is -1.07. The van der Waals surface area contributed by atoms with Crippen LogP contribution in [0.15, 0.2) is 24.3 Å². The maximum Gasteiger partial charge on any atom is 0.224 e. The molecular weight excluding hydrogens is 294 g/mol. The highest BCUT2D eigenvalue weighted by molar-refractivity contribution is 5.85. The number of ether oxygens (including phenoxy) is 1. The van der Waals surface area contributed by atoms with Crippen LogP contribution in [0, 0.1) is 23.7 Å². The minimum absolute atomic E-state index is 0.108. The molecule has 0 spiro atoms. The van der Waals surface area contributed by atoms with Crippen molar-refractivity contribution in [3.8, 4) is 5.75 Å². The van der Waals surface area contributed by atoms with E-state index in [0.717, 1.165) is 30.6 Å². The second kappa shape index (κ2) is 6.22. The first kappa shape index (κ1) is 15.8. The Labute approximate surface area is 136 Å². The van der Waals surface area contributed by atoms with Gasteiger partial charge in [0.05, 0.1) is 13.2 Å². The number of rotatable bonds is 5. The number of aliphatic carboxylic acids is 1. The molecule has 0 unspecified atom stereocenters. The fourth-order valence-electron chi connectivity index (χ4n) is 4.29. The van der Waals surface area contributed by atoms with E-state index in [1.54, 1.807) is 7.11 Å². The molecule has 5 heteroatoms. The number of amides is 1. The third-order valence-corrected chi connectivity index (χ3v) is 5.47. The van der Waals surface area contributed by atoms with Crippen LogP contribution in [0.3, 0.4) is 0 Å². The van der Waals surface area contributed by atoms with Crippen molar-refractivity contribution in [2.45, 2.75) is 32.2 Å².